The van der Waals surface area contributed by atoms with Crippen LogP contribution in [0, 0.1) is 10.1 Å². The lowest BCUT2D eigenvalue weighted by molar-refractivity contribution is -0.385. The molecule has 0 fully saturated rings. The molecule has 0 aromatic heterocycles. The molecule has 0 amide bonds. The van der Waals surface area contributed by atoms with Crippen molar-refractivity contribution >= 4 is 11.7 Å². The summed E-state index contributed by atoms with van der Waals surface area (Å²) in [6.45, 7) is 3.37. The van der Waals surface area contributed by atoms with Crippen molar-refractivity contribution in [2.45, 2.75) is 12.8 Å². The van der Waals surface area contributed by atoms with Crippen LogP contribution in [-0.2, 0) is 11.2 Å². The summed E-state index contributed by atoms with van der Waals surface area (Å²) in [4.78, 5) is 20.7. The second-order valence-electron chi connectivity index (χ2n) is 3.29. The average Bonchev–Trinajstić information content (AvgIpc) is 2.25. The number of nitrogens with zero attached hydrogens (tertiary/aromatic N) is 1. The molecule has 0 aliphatic heterocycles. The average molecular weight is 221 g/mol. The third kappa shape index (κ3) is 2.91. The van der Waals surface area contributed by atoms with Crippen LogP contribution in [0.15, 0.2) is 36.4 Å². The Morgan fingerprint density at radius 3 is 2.62 bits per heavy atom. The number of nitro groups is 1. The highest BCUT2D eigenvalue weighted by atomic mass is 16.6. The van der Waals surface area contributed by atoms with Gasteiger partial charge in [-0.1, -0.05) is 24.8 Å². The molecule has 1 aromatic carbocycles. The Morgan fingerprint density at radius 2 is 2.06 bits per heavy atom. The molecule has 0 heterocycles. The molecule has 84 valence electrons. The molecule has 0 saturated carbocycles. The molecule has 1 rings (SSSR count). The molecule has 1 N–H and O–H groups in total. The predicted molar refractivity (Wildman–Crippen MR) is 58.2 cm³/mol. The van der Waals surface area contributed by atoms with Crippen molar-refractivity contribution in [3.8, 4) is 0 Å². The SMILES string of the molecule is C=C(CCc1ccccc1[N+](=O)[O-])C(=O)O. The highest BCUT2D eigenvalue weighted by molar-refractivity contribution is 5.85. The molecule has 0 aliphatic carbocycles. The van der Waals surface area contributed by atoms with Gasteiger partial charge in [0.2, 0.25) is 0 Å². The molecule has 0 aliphatic rings. The first-order chi connectivity index (χ1) is 7.52. The molecule has 0 saturated heterocycles. The lowest BCUT2D eigenvalue weighted by atomic mass is 10.0. The number of carboxylic acids is 1. The Labute approximate surface area is 92.2 Å². The summed E-state index contributed by atoms with van der Waals surface area (Å²) < 4.78 is 0. The summed E-state index contributed by atoms with van der Waals surface area (Å²) in [5, 5.41) is 19.3. The molecular weight excluding hydrogens is 210 g/mol. The van der Waals surface area contributed by atoms with Gasteiger partial charge in [-0.3, -0.25) is 10.1 Å². The fraction of sp³-hybridized carbons (Fsp3) is 0.182. The van der Waals surface area contributed by atoms with Crippen molar-refractivity contribution in [3.63, 3.8) is 0 Å². The fourth-order valence-corrected chi connectivity index (χ4v) is 1.29. The quantitative estimate of drug-likeness (QED) is 0.469. The molecule has 5 heteroatoms. The van der Waals surface area contributed by atoms with Gasteiger partial charge in [0.1, 0.15) is 0 Å². The third-order valence-electron chi connectivity index (χ3n) is 2.19. The third-order valence-corrected chi connectivity index (χ3v) is 2.19. The van der Waals surface area contributed by atoms with E-state index in [-0.39, 0.29) is 17.7 Å². The minimum atomic E-state index is -1.07. The van der Waals surface area contributed by atoms with Gasteiger partial charge in [-0.15, -0.1) is 0 Å². The maximum absolute atomic E-state index is 10.7. The summed E-state index contributed by atoms with van der Waals surface area (Å²) in [5.74, 6) is -1.07. The van der Waals surface area contributed by atoms with Gasteiger partial charge in [-0.05, 0) is 12.8 Å². The molecule has 0 atom stereocenters. The first-order valence-electron chi connectivity index (χ1n) is 4.65. The van der Waals surface area contributed by atoms with Crippen LogP contribution in [0.4, 0.5) is 5.69 Å². The number of aryl methyl sites for hydroxylation is 1. The van der Waals surface area contributed by atoms with Crippen molar-refractivity contribution in [2.75, 3.05) is 0 Å². The number of hydrogen-bond acceptors (Lipinski definition) is 3. The van der Waals surface area contributed by atoms with Crippen LogP contribution < -0.4 is 0 Å². The number of hydrogen-bond donors (Lipinski definition) is 1. The van der Waals surface area contributed by atoms with E-state index in [1.54, 1.807) is 18.2 Å². The first-order valence-corrected chi connectivity index (χ1v) is 4.65. The zero-order valence-corrected chi connectivity index (χ0v) is 8.55. The van der Waals surface area contributed by atoms with Crippen LogP contribution in [0.2, 0.25) is 0 Å². The molecule has 5 nitrogen and oxygen atoms in total. The highest BCUT2D eigenvalue weighted by Gasteiger charge is 2.13. The molecule has 0 unspecified atom stereocenters. The molecule has 0 bridgehead atoms. The normalized spacial score (nSPS) is 9.75. The van der Waals surface area contributed by atoms with Gasteiger partial charge in [-0.2, -0.15) is 0 Å². The summed E-state index contributed by atoms with van der Waals surface area (Å²) in [5.41, 5.74) is 0.591. The smallest absolute Gasteiger partial charge is 0.330 e. The topological polar surface area (TPSA) is 80.4 Å². The lowest BCUT2D eigenvalue weighted by Crippen LogP contribution is -2.02. The van der Waals surface area contributed by atoms with E-state index in [0.717, 1.165) is 0 Å². The van der Waals surface area contributed by atoms with Crippen LogP contribution in [0.25, 0.3) is 0 Å². The summed E-state index contributed by atoms with van der Waals surface area (Å²) in [6.07, 6.45) is 0.516. The van der Waals surface area contributed by atoms with Gasteiger partial charge in [0, 0.05) is 17.2 Å². The van der Waals surface area contributed by atoms with Gasteiger partial charge in [0.25, 0.3) is 5.69 Å². The minimum Gasteiger partial charge on any atom is -0.478 e. The number of carboxylic acid groups (broad SMARTS) is 1. The van der Waals surface area contributed by atoms with Gasteiger partial charge in [0.05, 0.1) is 4.92 Å². The number of benzene rings is 1. The number of carbonyl (C=O) groups is 1. The maximum Gasteiger partial charge on any atom is 0.330 e. The standard InChI is InChI=1S/C11H11NO4/c1-8(11(13)14)6-7-9-4-2-3-5-10(9)12(15)16/h2-5H,1,6-7H2,(H,13,14). The molecule has 0 radical (unpaired) electrons. The molecule has 0 spiro atoms. The predicted octanol–water partition coefficient (Wildman–Crippen LogP) is 2.17. The van der Waals surface area contributed by atoms with Crippen LogP contribution in [0.3, 0.4) is 0 Å². The monoisotopic (exact) mass is 221 g/mol. The Hall–Kier alpha value is -2.17. The van der Waals surface area contributed by atoms with E-state index in [1.165, 1.54) is 6.07 Å². The Morgan fingerprint density at radius 1 is 1.44 bits per heavy atom. The number of nitro benzene ring substituents is 1. The van der Waals surface area contributed by atoms with Crippen molar-refractivity contribution < 1.29 is 14.8 Å². The second kappa shape index (κ2) is 5.06. The number of aliphatic carboxylic acids is 1. The maximum atomic E-state index is 10.7. The Kier molecular flexibility index (Phi) is 3.77. The molecule has 16 heavy (non-hydrogen) atoms. The fourth-order valence-electron chi connectivity index (χ4n) is 1.29. The van der Waals surface area contributed by atoms with Crippen LogP contribution in [-0.4, -0.2) is 16.0 Å². The zero-order chi connectivity index (χ0) is 12.1. The van der Waals surface area contributed by atoms with E-state index in [4.69, 9.17) is 5.11 Å². The molecular formula is C11H11NO4. The van der Waals surface area contributed by atoms with E-state index in [9.17, 15) is 14.9 Å². The summed E-state index contributed by atoms with van der Waals surface area (Å²) >= 11 is 0. The molecule has 1 aromatic rings. The van der Waals surface area contributed by atoms with Crippen molar-refractivity contribution in [1.29, 1.82) is 0 Å². The highest BCUT2D eigenvalue weighted by Crippen LogP contribution is 2.20. The number of para-hydroxylation sites is 1. The van der Waals surface area contributed by atoms with Gasteiger partial charge >= 0.3 is 5.97 Å². The minimum absolute atomic E-state index is 0.0145. The van der Waals surface area contributed by atoms with Crippen molar-refractivity contribution in [2.24, 2.45) is 0 Å². The zero-order valence-electron chi connectivity index (χ0n) is 8.55. The van der Waals surface area contributed by atoms with E-state index >= 15 is 0 Å². The van der Waals surface area contributed by atoms with Gasteiger partial charge in [0.15, 0.2) is 0 Å². The lowest BCUT2D eigenvalue weighted by Gasteiger charge is -2.02. The van der Waals surface area contributed by atoms with Gasteiger partial charge < -0.3 is 5.11 Å². The second-order valence-corrected chi connectivity index (χ2v) is 3.29. The number of rotatable bonds is 5. The van der Waals surface area contributed by atoms with E-state index in [2.05, 4.69) is 6.58 Å². The van der Waals surface area contributed by atoms with Crippen LogP contribution in [0.5, 0.6) is 0 Å². The summed E-state index contributed by atoms with van der Waals surface area (Å²) in [6, 6.07) is 6.28. The van der Waals surface area contributed by atoms with Crippen molar-refractivity contribution in [1.82, 2.24) is 0 Å². The first kappa shape index (κ1) is 11.9. The Balaban J connectivity index is 2.78. The largest absolute Gasteiger partial charge is 0.478 e. The van der Waals surface area contributed by atoms with Crippen LogP contribution >= 0.6 is 0 Å². The van der Waals surface area contributed by atoms with Crippen molar-refractivity contribution in [3.05, 3.63) is 52.1 Å². The van der Waals surface area contributed by atoms with E-state index in [1.807, 2.05) is 0 Å². The van der Waals surface area contributed by atoms with Gasteiger partial charge in [-0.25, -0.2) is 4.79 Å². The van der Waals surface area contributed by atoms with Crippen LogP contribution in [0.1, 0.15) is 12.0 Å². The van der Waals surface area contributed by atoms with E-state index in [0.29, 0.717) is 12.0 Å². The van der Waals surface area contributed by atoms with E-state index < -0.39 is 10.9 Å². The summed E-state index contributed by atoms with van der Waals surface area (Å²) in [7, 11) is 0. The Bertz CT molecular complexity index is 439.